The van der Waals surface area contributed by atoms with E-state index < -0.39 is 0 Å². The number of rotatable bonds is 4. The molecule has 10 aromatic rings. The Morgan fingerprint density at radius 1 is 0.383 bits per heavy atom. The van der Waals surface area contributed by atoms with Gasteiger partial charge in [-0.05, 0) is 97.0 Å². The van der Waals surface area contributed by atoms with Gasteiger partial charge in [0.15, 0.2) is 0 Å². The first-order valence-electron chi connectivity index (χ1n) is 16.1. The first-order valence-corrected chi connectivity index (χ1v) is 16.1. The lowest BCUT2D eigenvalue weighted by molar-refractivity contribution is 1.18. The van der Waals surface area contributed by atoms with E-state index in [0.29, 0.717) is 0 Å². The highest BCUT2D eigenvalue weighted by Gasteiger charge is 2.17. The van der Waals surface area contributed by atoms with E-state index >= 15 is 0 Å². The van der Waals surface area contributed by atoms with Gasteiger partial charge in [-0.2, -0.15) is 0 Å². The number of hydrogen-bond acceptors (Lipinski definition) is 1. The number of aromatic nitrogens is 2. The molecule has 0 aliphatic rings. The minimum absolute atomic E-state index is 0.986. The molecule has 2 heterocycles. The quantitative estimate of drug-likeness (QED) is 0.185. The SMILES string of the molecule is c1ccc(-c2cccc(-c3ccc4ccc5c(-c6cccc(-n7c8ccccc8c8ccccc87)c6)ccc6ccc3c4c65)c2)nc1. The Bertz CT molecular complexity index is 2730. The summed E-state index contributed by atoms with van der Waals surface area (Å²) in [6, 6.07) is 59.6. The molecule has 0 spiro atoms. The molecule has 0 atom stereocenters. The van der Waals surface area contributed by atoms with Crippen molar-refractivity contribution >= 4 is 54.1 Å². The molecule has 2 nitrogen and oxygen atoms in total. The van der Waals surface area contributed by atoms with Crippen LogP contribution in [0, 0.1) is 0 Å². The van der Waals surface area contributed by atoms with E-state index in [1.165, 1.54) is 82.1 Å². The van der Waals surface area contributed by atoms with Crippen LogP contribution in [-0.2, 0) is 0 Å². The van der Waals surface area contributed by atoms with E-state index in [1.54, 1.807) is 0 Å². The fourth-order valence-corrected chi connectivity index (χ4v) is 7.70. The summed E-state index contributed by atoms with van der Waals surface area (Å²) in [5.41, 5.74) is 10.6. The van der Waals surface area contributed by atoms with Crippen LogP contribution in [0.3, 0.4) is 0 Å². The Balaban J connectivity index is 1.17. The molecule has 0 saturated heterocycles. The van der Waals surface area contributed by atoms with Crippen LogP contribution >= 0.6 is 0 Å². The van der Waals surface area contributed by atoms with Gasteiger partial charge in [0.25, 0.3) is 0 Å². The van der Waals surface area contributed by atoms with Gasteiger partial charge in [0, 0.05) is 28.2 Å². The van der Waals surface area contributed by atoms with Crippen molar-refractivity contribution in [2.24, 2.45) is 0 Å². The van der Waals surface area contributed by atoms with Gasteiger partial charge in [-0.15, -0.1) is 0 Å². The van der Waals surface area contributed by atoms with Gasteiger partial charge in [0.2, 0.25) is 0 Å². The van der Waals surface area contributed by atoms with Crippen LogP contribution in [0.2, 0.25) is 0 Å². The van der Waals surface area contributed by atoms with Gasteiger partial charge in [-0.1, -0.05) is 121 Å². The van der Waals surface area contributed by atoms with Crippen molar-refractivity contribution in [1.29, 1.82) is 0 Å². The zero-order valence-corrected chi connectivity index (χ0v) is 25.6. The molecule has 2 aromatic heterocycles. The van der Waals surface area contributed by atoms with Crippen LogP contribution in [-0.4, -0.2) is 9.55 Å². The third-order valence-corrected chi connectivity index (χ3v) is 9.79. The first-order chi connectivity index (χ1) is 23.3. The zero-order valence-electron chi connectivity index (χ0n) is 25.6. The molecule has 10 rings (SSSR count). The second-order valence-electron chi connectivity index (χ2n) is 12.4. The third-order valence-electron chi connectivity index (χ3n) is 9.79. The van der Waals surface area contributed by atoms with Crippen molar-refractivity contribution in [3.8, 4) is 39.2 Å². The fourth-order valence-electron chi connectivity index (χ4n) is 7.70. The number of benzene rings is 8. The molecule has 2 heteroatoms. The molecule has 0 unspecified atom stereocenters. The van der Waals surface area contributed by atoms with E-state index in [-0.39, 0.29) is 0 Å². The van der Waals surface area contributed by atoms with Crippen molar-refractivity contribution in [2.45, 2.75) is 0 Å². The van der Waals surface area contributed by atoms with E-state index in [1.807, 2.05) is 18.3 Å². The van der Waals surface area contributed by atoms with Crippen LogP contribution in [0.25, 0.3) is 93.3 Å². The van der Waals surface area contributed by atoms with Crippen LogP contribution in [0.15, 0.2) is 170 Å². The molecule has 0 N–H and O–H groups in total. The summed E-state index contributed by atoms with van der Waals surface area (Å²) < 4.78 is 2.40. The lowest BCUT2D eigenvalue weighted by Crippen LogP contribution is -1.94. The maximum Gasteiger partial charge on any atom is 0.0702 e. The Hall–Kier alpha value is -6.25. The Morgan fingerprint density at radius 2 is 0.936 bits per heavy atom. The average Bonchev–Trinajstić information content (AvgIpc) is 3.48. The predicted octanol–water partition coefficient (Wildman–Crippen LogP) is 12.1. The minimum Gasteiger partial charge on any atom is -0.309 e. The fraction of sp³-hybridized carbons (Fsp3) is 0. The number of nitrogens with zero attached hydrogens (tertiary/aromatic N) is 2. The molecule has 0 bridgehead atoms. The molecule has 0 amide bonds. The number of pyridine rings is 1. The van der Waals surface area contributed by atoms with E-state index in [2.05, 4.69) is 161 Å². The summed E-state index contributed by atoms with van der Waals surface area (Å²) in [6.07, 6.45) is 1.86. The van der Waals surface area contributed by atoms with Crippen molar-refractivity contribution in [3.63, 3.8) is 0 Å². The largest absolute Gasteiger partial charge is 0.309 e. The smallest absolute Gasteiger partial charge is 0.0702 e. The Morgan fingerprint density at radius 3 is 1.57 bits per heavy atom. The van der Waals surface area contributed by atoms with Gasteiger partial charge in [0.1, 0.15) is 0 Å². The van der Waals surface area contributed by atoms with E-state index in [9.17, 15) is 0 Å². The lowest BCUT2D eigenvalue weighted by atomic mass is 9.87. The summed E-state index contributed by atoms with van der Waals surface area (Å²) in [6.45, 7) is 0. The highest BCUT2D eigenvalue weighted by Crippen LogP contribution is 2.43. The predicted molar refractivity (Wildman–Crippen MR) is 199 cm³/mol. The lowest BCUT2D eigenvalue weighted by Gasteiger charge is -2.17. The topological polar surface area (TPSA) is 17.8 Å². The highest BCUT2D eigenvalue weighted by molar-refractivity contribution is 6.27. The molecule has 0 saturated carbocycles. The summed E-state index contributed by atoms with van der Waals surface area (Å²) in [5.74, 6) is 0. The molecule has 0 radical (unpaired) electrons. The Kier molecular flexibility index (Phi) is 5.61. The zero-order chi connectivity index (χ0) is 30.9. The van der Waals surface area contributed by atoms with Gasteiger partial charge >= 0.3 is 0 Å². The molecular formula is C45H28N2. The van der Waals surface area contributed by atoms with E-state index in [0.717, 1.165) is 11.3 Å². The molecule has 0 fully saturated rings. The van der Waals surface area contributed by atoms with Crippen molar-refractivity contribution in [3.05, 3.63) is 170 Å². The molecule has 218 valence electrons. The molecule has 8 aromatic carbocycles. The van der Waals surface area contributed by atoms with E-state index in [4.69, 9.17) is 0 Å². The van der Waals surface area contributed by atoms with Gasteiger partial charge < -0.3 is 4.57 Å². The number of hydrogen-bond donors (Lipinski definition) is 0. The summed E-state index contributed by atoms with van der Waals surface area (Å²) in [7, 11) is 0. The molecular weight excluding hydrogens is 569 g/mol. The standard InChI is InChI=1S/C45H28N2/c1-3-16-42-37(13-1)38-14-2-4-17-43(38)47(42)34-12-8-10-32(28-34)36-23-19-30-20-24-39-35(22-18-29-21-25-40(36)45(30)44(29)39)31-9-7-11-33(27-31)41-15-5-6-26-46-41/h1-28H. The number of fused-ring (bicyclic) bond motifs is 3. The highest BCUT2D eigenvalue weighted by atomic mass is 15.0. The summed E-state index contributed by atoms with van der Waals surface area (Å²) in [4.78, 5) is 4.60. The summed E-state index contributed by atoms with van der Waals surface area (Å²) >= 11 is 0. The van der Waals surface area contributed by atoms with Crippen molar-refractivity contribution in [2.75, 3.05) is 0 Å². The van der Waals surface area contributed by atoms with Crippen LogP contribution < -0.4 is 0 Å². The minimum atomic E-state index is 0.986. The second-order valence-corrected chi connectivity index (χ2v) is 12.4. The first kappa shape index (κ1) is 26.0. The van der Waals surface area contributed by atoms with Crippen molar-refractivity contribution < 1.29 is 0 Å². The Labute approximate surface area is 272 Å². The monoisotopic (exact) mass is 596 g/mol. The third kappa shape index (κ3) is 3.95. The average molecular weight is 597 g/mol. The van der Waals surface area contributed by atoms with Crippen molar-refractivity contribution in [1.82, 2.24) is 9.55 Å². The second kappa shape index (κ2) is 10.1. The van der Waals surface area contributed by atoms with Gasteiger partial charge in [0.05, 0.1) is 16.7 Å². The molecule has 0 aliphatic carbocycles. The summed E-state index contributed by atoms with van der Waals surface area (Å²) in [5, 5.41) is 10.3. The molecule has 47 heavy (non-hydrogen) atoms. The molecule has 0 aliphatic heterocycles. The maximum atomic E-state index is 4.60. The van der Waals surface area contributed by atoms with Gasteiger partial charge in [-0.3, -0.25) is 4.98 Å². The van der Waals surface area contributed by atoms with Crippen LogP contribution in [0.1, 0.15) is 0 Å². The van der Waals surface area contributed by atoms with Crippen LogP contribution in [0.4, 0.5) is 0 Å². The number of para-hydroxylation sites is 2. The maximum absolute atomic E-state index is 4.60. The normalized spacial score (nSPS) is 11.8. The van der Waals surface area contributed by atoms with Crippen LogP contribution in [0.5, 0.6) is 0 Å². The van der Waals surface area contributed by atoms with Gasteiger partial charge in [-0.25, -0.2) is 0 Å².